The molecule has 23 heavy (non-hydrogen) atoms. The van der Waals surface area contributed by atoms with E-state index in [1.807, 2.05) is 36.4 Å². The van der Waals surface area contributed by atoms with Crippen molar-refractivity contribution in [2.24, 2.45) is 0 Å². The molecule has 0 aliphatic heterocycles. The van der Waals surface area contributed by atoms with Crippen LogP contribution in [0.5, 0.6) is 0 Å². The van der Waals surface area contributed by atoms with Gasteiger partial charge in [-0.2, -0.15) is 0 Å². The van der Waals surface area contributed by atoms with Gasteiger partial charge in [-0.25, -0.2) is 0 Å². The number of benzene rings is 2. The van der Waals surface area contributed by atoms with Gasteiger partial charge in [0.2, 0.25) is 0 Å². The van der Waals surface area contributed by atoms with Crippen LogP contribution in [0.3, 0.4) is 0 Å². The standard InChI is InChI=1S/C20H20O3/c21-18(12-11-16-7-3-1-4-8-16)13-14-19(22)15-20(23)17-9-5-2-6-10-17/h1-10H,11-15H2. The highest BCUT2D eigenvalue weighted by atomic mass is 16.1. The Morgan fingerprint density at radius 3 is 1.87 bits per heavy atom. The smallest absolute Gasteiger partial charge is 0.170 e. The third-order valence-electron chi connectivity index (χ3n) is 3.67. The Kier molecular flexibility index (Phi) is 6.42. The molecule has 0 unspecified atom stereocenters. The topological polar surface area (TPSA) is 51.2 Å². The highest BCUT2D eigenvalue weighted by Gasteiger charge is 2.13. The average molecular weight is 308 g/mol. The predicted molar refractivity (Wildman–Crippen MR) is 89.4 cm³/mol. The Morgan fingerprint density at radius 2 is 1.22 bits per heavy atom. The van der Waals surface area contributed by atoms with Crippen molar-refractivity contribution in [3.63, 3.8) is 0 Å². The van der Waals surface area contributed by atoms with Gasteiger partial charge in [-0.15, -0.1) is 0 Å². The minimum absolute atomic E-state index is 0.0642. The first kappa shape index (κ1) is 16.8. The molecular weight excluding hydrogens is 288 g/mol. The molecule has 0 fully saturated rings. The molecule has 118 valence electrons. The maximum Gasteiger partial charge on any atom is 0.170 e. The molecule has 0 aromatic heterocycles. The normalized spacial score (nSPS) is 10.3. The van der Waals surface area contributed by atoms with E-state index in [-0.39, 0.29) is 36.6 Å². The van der Waals surface area contributed by atoms with Crippen LogP contribution in [0, 0.1) is 0 Å². The van der Waals surface area contributed by atoms with E-state index in [1.54, 1.807) is 24.3 Å². The van der Waals surface area contributed by atoms with Crippen molar-refractivity contribution in [2.45, 2.75) is 32.1 Å². The number of rotatable bonds is 9. The molecule has 0 aliphatic carbocycles. The molecule has 0 amide bonds. The SMILES string of the molecule is O=C(CCC(=O)CC(=O)c1ccccc1)CCc1ccccc1. The van der Waals surface area contributed by atoms with Crippen LogP contribution in [0.15, 0.2) is 60.7 Å². The van der Waals surface area contributed by atoms with Gasteiger partial charge in [0.05, 0.1) is 6.42 Å². The van der Waals surface area contributed by atoms with Gasteiger partial charge in [0, 0.05) is 24.8 Å². The van der Waals surface area contributed by atoms with Crippen molar-refractivity contribution in [2.75, 3.05) is 0 Å². The van der Waals surface area contributed by atoms with Gasteiger partial charge in [0.15, 0.2) is 5.78 Å². The summed E-state index contributed by atoms with van der Waals surface area (Å²) in [4.78, 5) is 35.6. The second-order valence-corrected chi connectivity index (χ2v) is 5.53. The van der Waals surface area contributed by atoms with Crippen molar-refractivity contribution in [3.8, 4) is 0 Å². The summed E-state index contributed by atoms with van der Waals surface area (Å²) in [6.07, 6.45) is 1.36. The van der Waals surface area contributed by atoms with Gasteiger partial charge in [-0.3, -0.25) is 14.4 Å². The number of hydrogen-bond acceptors (Lipinski definition) is 3. The molecule has 2 aromatic rings. The Hall–Kier alpha value is -2.55. The van der Waals surface area contributed by atoms with Gasteiger partial charge in [-0.1, -0.05) is 60.7 Å². The van der Waals surface area contributed by atoms with Crippen LogP contribution >= 0.6 is 0 Å². The number of aryl methyl sites for hydroxylation is 1. The number of hydrogen-bond donors (Lipinski definition) is 0. The quantitative estimate of drug-likeness (QED) is 0.523. The lowest BCUT2D eigenvalue weighted by Gasteiger charge is -2.02. The minimum atomic E-state index is -0.188. The van der Waals surface area contributed by atoms with E-state index in [2.05, 4.69) is 0 Å². The first-order chi connectivity index (χ1) is 11.1. The van der Waals surface area contributed by atoms with Crippen LogP contribution in [-0.2, 0) is 16.0 Å². The lowest BCUT2D eigenvalue weighted by Crippen LogP contribution is -2.10. The second kappa shape index (κ2) is 8.79. The van der Waals surface area contributed by atoms with Gasteiger partial charge in [0.25, 0.3) is 0 Å². The van der Waals surface area contributed by atoms with Crippen LogP contribution in [0.25, 0.3) is 0 Å². The third kappa shape index (κ3) is 5.99. The van der Waals surface area contributed by atoms with E-state index >= 15 is 0 Å². The van der Waals surface area contributed by atoms with Gasteiger partial charge >= 0.3 is 0 Å². The fourth-order valence-corrected chi connectivity index (χ4v) is 2.33. The molecule has 0 aliphatic rings. The lowest BCUT2D eigenvalue weighted by molar-refractivity contribution is -0.123. The fraction of sp³-hybridized carbons (Fsp3) is 0.250. The summed E-state index contributed by atoms with van der Waals surface area (Å²) in [6.45, 7) is 0. The molecule has 0 heterocycles. The number of carbonyl (C=O) groups is 3. The zero-order chi connectivity index (χ0) is 16.5. The summed E-state index contributed by atoms with van der Waals surface area (Å²) in [6, 6.07) is 18.5. The molecule has 2 rings (SSSR count). The zero-order valence-corrected chi connectivity index (χ0v) is 13.0. The molecule has 0 spiro atoms. The summed E-state index contributed by atoms with van der Waals surface area (Å²) in [5, 5.41) is 0. The first-order valence-corrected chi connectivity index (χ1v) is 7.81. The van der Waals surface area contributed by atoms with E-state index in [9.17, 15) is 14.4 Å². The minimum Gasteiger partial charge on any atom is -0.300 e. The van der Waals surface area contributed by atoms with Crippen molar-refractivity contribution in [1.82, 2.24) is 0 Å². The van der Waals surface area contributed by atoms with Crippen molar-refractivity contribution in [1.29, 1.82) is 0 Å². The fourth-order valence-electron chi connectivity index (χ4n) is 2.33. The first-order valence-electron chi connectivity index (χ1n) is 7.81. The van der Waals surface area contributed by atoms with Gasteiger partial charge < -0.3 is 0 Å². The van der Waals surface area contributed by atoms with Crippen molar-refractivity contribution in [3.05, 3.63) is 71.8 Å². The van der Waals surface area contributed by atoms with Crippen molar-refractivity contribution >= 4 is 17.3 Å². The van der Waals surface area contributed by atoms with Crippen LogP contribution in [-0.4, -0.2) is 17.3 Å². The average Bonchev–Trinajstić information content (AvgIpc) is 2.60. The molecule has 0 saturated heterocycles. The van der Waals surface area contributed by atoms with Crippen LogP contribution in [0.2, 0.25) is 0 Å². The molecule has 0 N–H and O–H groups in total. The number of Topliss-reactive ketones (excluding diaryl/α,β-unsaturated/α-hetero) is 3. The molecule has 0 atom stereocenters. The zero-order valence-electron chi connectivity index (χ0n) is 13.0. The number of carbonyl (C=O) groups excluding carboxylic acids is 3. The molecule has 0 bridgehead atoms. The second-order valence-electron chi connectivity index (χ2n) is 5.53. The summed E-state index contributed by atoms with van der Waals surface area (Å²) >= 11 is 0. The predicted octanol–water partition coefficient (Wildman–Crippen LogP) is 3.81. The molecule has 3 nitrogen and oxygen atoms in total. The Bertz CT molecular complexity index is 660. The highest BCUT2D eigenvalue weighted by molar-refractivity contribution is 6.08. The molecule has 0 radical (unpaired) electrons. The lowest BCUT2D eigenvalue weighted by atomic mass is 10.0. The van der Waals surface area contributed by atoms with Crippen molar-refractivity contribution < 1.29 is 14.4 Å². The Morgan fingerprint density at radius 1 is 0.652 bits per heavy atom. The van der Waals surface area contributed by atoms with E-state index in [1.165, 1.54) is 0 Å². The summed E-state index contributed by atoms with van der Waals surface area (Å²) in [5.74, 6) is -0.298. The van der Waals surface area contributed by atoms with Crippen LogP contribution < -0.4 is 0 Å². The van der Waals surface area contributed by atoms with Gasteiger partial charge in [0.1, 0.15) is 11.6 Å². The van der Waals surface area contributed by atoms with Crippen LogP contribution in [0.4, 0.5) is 0 Å². The third-order valence-corrected chi connectivity index (χ3v) is 3.67. The molecule has 0 saturated carbocycles. The number of ketones is 3. The maximum absolute atomic E-state index is 11.9. The van der Waals surface area contributed by atoms with Crippen LogP contribution in [0.1, 0.15) is 41.6 Å². The van der Waals surface area contributed by atoms with Gasteiger partial charge in [-0.05, 0) is 12.0 Å². The molecule has 3 heteroatoms. The largest absolute Gasteiger partial charge is 0.300 e. The molecular formula is C20H20O3. The summed E-state index contributed by atoms with van der Waals surface area (Å²) in [5.41, 5.74) is 1.66. The van der Waals surface area contributed by atoms with E-state index < -0.39 is 0 Å². The maximum atomic E-state index is 11.9. The Labute approximate surface area is 136 Å². The Balaban J connectivity index is 1.69. The summed E-state index contributed by atoms with van der Waals surface area (Å²) < 4.78 is 0. The van der Waals surface area contributed by atoms with E-state index in [0.717, 1.165) is 5.56 Å². The van der Waals surface area contributed by atoms with E-state index in [0.29, 0.717) is 18.4 Å². The van der Waals surface area contributed by atoms with E-state index in [4.69, 9.17) is 0 Å². The monoisotopic (exact) mass is 308 g/mol. The summed E-state index contributed by atoms with van der Waals surface area (Å²) in [7, 11) is 0. The highest BCUT2D eigenvalue weighted by Crippen LogP contribution is 2.08. The molecule has 2 aromatic carbocycles.